The van der Waals surface area contributed by atoms with Crippen molar-refractivity contribution in [2.75, 3.05) is 58.2 Å². The molecule has 3 amide bonds. The van der Waals surface area contributed by atoms with Crippen LogP contribution in [0.25, 0.3) is 5.69 Å². The Morgan fingerprint density at radius 2 is 1.74 bits per heavy atom. The summed E-state index contributed by atoms with van der Waals surface area (Å²) >= 11 is 0. The number of nitrogens with two attached hydrogens (primary N) is 1. The zero-order chi connectivity index (χ0) is 27.4. The molecule has 0 bridgehead atoms. The highest BCUT2D eigenvalue weighted by Gasteiger charge is 2.31. The number of benzene rings is 1. The fraction of sp³-hybridized carbons (Fsp3) is 0.556. The van der Waals surface area contributed by atoms with Gasteiger partial charge in [0.25, 0.3) is 0 Å². The highest BCUT2D eigenvalue weighted by atomic mass is 35.5. The first kappa shape index (κ1) is 30.6. The van der Waals surface area contributed by atoms with Crippen LogP contribution in [0.5, 0.6) is 0 Å². The third kappa shape index (κ3) is 7.78. The Morgan fingerprint density at radius 3 is 2.28 bits per heavy atom. The second-order valence-electron chi connectivity index (χ2n) is 11.1. The monoisotopic (exact) mass is 560 g/mol. The molecule has 12 heteroatoms. The van der Waals surface area contributed by atoms with Crippen molar-refractivity contribution in [1.82, 2.24) is 29.6 Å². The van der Waals surface area contributed by atoms with Crippen LogP contribution in [-0.4, -0.2) is 101 Å². The summed E-state index contributed by atoms with van der Waals surface area (Å²) in [5.41, 5.74) is 6.41. The van der Waals surface area contributed by atoms with Gasteiger partial charge in [-0.1, -0.05) is 12.1 Å². The number of hydrogen-bond donors (Lipinski definition) is 3. The predicted molar refractivity (Wildman–Crippen MR) is 155 cm³/mol. The molecule has 2 aromatic rings. The maximum Gasteiger partial charge on any atom is 0.354 e. The van der Waals surface area contributed by atoms with Gasteiger partial charge in [-0.15, -0.1) is 12.4 Å². The maximum absolute atomic E-state index is 12.7. The van der Waals surface area contributed by atoms with E-state index in [1.165, 1.54) is 10.1 Å². The van der Waals surface area contributed by atoms with E-state index in [2.05, 4.69) is 34.5 Å². The van der Waals surface area contributed by atoms with E-state index >= 15 is 0 Å². The van der Waals surface area contributed by atoms with E-state index < -0.39 is 11.2 Å². The van der Waals surface area contributed by atoms with E-state index in [0.29, 0.717) is 37.9 Å². The van der Waals surface area contributed by atoms with E-state index in [-0.39, 0.29) is 30.2 Å². The molecule has 39 heavy (non-hydrogen) atoms. The summed E-state index contributed by atoms with van der Waals surface area (Å²) in [7, 11) is 2.17. The van der Waals surface area contributed by atoms with Crippen LogP contribution < -0.4 is 22.1 Å². The number of nitrogens with zero attached hydrogens (tertiary/aromatic N) is 5. The molecular formula is C27H41ClN8O3. The van der Waals surface area contributed by atoms with Crippen molar-refractivity contribution in [3.8, 4) is 5.69 Å². The number of rotatable bonds is 8. The fourth-order valence-corrected chi connectivity index (χ4v) is 4.73. The van der Waals surface area contributed by atoms with Crippen molar-refractivity contribution in [3.63, 3.8) is 0 Å². The highest BCUT2D eigenvalue weighted by molar-refractivity contribution is 5.89. The van der Waals surface area contributed by atoms with Crippen LogP contribution in [0.4, 0.5) is 10.6 Å². The average Bonchev–Trinajstić information content (AvgIpc) is 2.86. The first-order valence-electron chi connectivity index (χ1n) is 13.3. The van der Waals surface area contributed by atoms with Crippen molar-refractivity contribution < 1.29 is 9.59 Å². The van der Waals surface area contributed by atoms with Crippen LogP contribution in [-0.2, 0) is 11.2 Å². The fourth-order valence-electron chi connectivity index (χ4n) is 4.73. The van der Waals surface area contributed by atoms with Crippen molar-refractivity contribution in [2.45, 2.75) is 38.8 Å². The van der Waals surface area contributed by atoms with Crippen molar-refractivity contribution in [3.05, 3.63) is 52.6 Å². The molecule has 11 nitrogen and oxygen atoms in total. The number of anilines is 1. The minimum absolute atomic E-state index is 0. The summed E-state index contributed by atoms with van der Waals surface area (Å²) in [5, 5.41) is 6.01. The SMILES string of the molecule is CC(Cc1ccc(-n2ccc(NC(=O)N3CCN(C(=O)C(C)(C)N)CC3)nc2=O)cc1)N(C)CC1CNC1.Cl. The van der Waals surface area contributed by atoms with E-state index in [0.717, 1.165) is 32.0 Å². The number of aromatic nitrogens is 2. The number of carbonyl (C=O) groups is 2. The van der Waals surface area contributed by atoms with Gasteiger partial charge in [-0.3, -0.25) is 14.7 Å². The van der Waals surface area contributed by atoms with Gasteiger partial charge in [-0.2, -0.15) is 4.98 Å². The van der Waals surface area contributed by atoms with Gasteiger partial charge in [0.2, 0.25) is 5.91 Å². The lowest BCUT2D eigenvalue weighted by Gasteiger charge is -2.37. The highest BCUT2D eigenvalue weighted by Crippen LogP contribution is 2.15. The van der Waals surface area contributed by atoms with Crippen LogP contribution in [0.3, 0.4) is 0 Å². The lowest BCUT2D eigenvalue weighted by Crippen LogP contribution is -2.58. The summed E-state index contributed by atoms with van der Waals surface area (Å²) in [5.74, 6) is 0.786. The Labute approximate surface area is 236 Å². The molecule has 0 radical (unpaired) electrons. The zero-order valence-electron chi connectivity index (χ0n) is 23.2. The molecular weight excluding hydrogens is 520 g/mol. The van der Waals surface area contributed by atoms with Crippen molar-refractivity contribution >= 4 is 30.2 Å². The molecule has 2 aliphatic heterocycles. The lowest BCUT2D eigenvalue weighted by atomic mass is 10.0. The number of hydrogen-bond acceptors (Lipinski definition) is 7. The van der Waals surface area contributed by atoms with Gasteiger partial charge >= 0.3 is 11.7 Å². The summed E-state index contributed by atoms with van der Waals surface area (Å²) in [6.07, 6.45) is 2.55. The van der Waals surface area contributed by atoms with E-state index in [1.54, 1.807) is 35.9 Å². The topological polar surface area (TPSA) is 129 Å². The van der Waals surface area contributed by atoms with Gasteiger partial charge in [0.05, 0.1) is 11.2 Å². The largest absolute Gasteiger partial charge is 0.354 e. The standard InChI is InChI=1S/C27H40N8O3.ClH/c1-19(32(4)18-21-16-29-17-21)15-20-5-7-22(8-6-20)35-10-9-23(31-26(35)38)30-25(37)34-13-11-33(12-14-34)24(36)27(2,3)28;/h5-10,19,21,29H,11-18,28H2,1-4H3,(H,30,31,37,38);1H. The molecule has 0 aliphatic carbocycles. The van der Waals surface area contributed by atoms with Crippen LogP contribution in [0.1, 0.15) is 26.3 Å². The number of urea groups is 1. The molecule has 2 saturated heterocycles. The second-order valence-corrected chi connectivity index (χ2v) is 11.1. The smallest absolute Gasteiger partial charge is 0.338 e. The van der Waals surface area contributed by atoms with Gasteiger partial charge in [0.1, 0.15) is 5.82 Å². The third-order valence-corrected chi connectivity index (χ3v) is 7.35. The molecule has 3 heterocycles. The Hall–Kier alpha value is -2.99. The maximum atomic E-state index is 12.7. The zero-order valence-corrected chi connectivity index (χ0v) is 24.0. The molecule has 1 aromatic carbocycles. The van der Waals surface area contributed by atoms with Crippen molar-refractivity contribution in [1.29, 1.82) is 0 Å². The molecule has 0 saturated carbocycles. The van der Waals surface area contributed by atoms with E-state index in [4.69, 9.17) is 5.73 Å². The van der Waals surface area contributed by atoms with Gasteiger partial charge in [0, 0.05) is 58.1 Å². The number of halogens is 1. The Kier molecular flexibility index (Phi) is 10.1. The molecule has 214 valence electrons. The first-order valence-corrected chi connectivity index (χ1v) is 13.3. The van der Waals surface area contributed by atoms with Crippen LogP contribution >= 0.6 is 12.4 Å². The molecule has 4 rings (SSSR count). The molecule has 2 fully saturated rings. The van der Waals surface area contributed by atoms with Crippen molar-refractivity contribution in [2.24, 2.45) is 11.7 Å². The summed E-state index contributed by atoms with van der Waals surface area (Å²) in [4.78, 5) is 47.5. The van der Waals surface area contributed by atoms with Crippen LogP contribution in [0, 0.1) is 5.92 Å². The molecule has 1 unspecified atom stereocenters. The van der Waals surface area contributed by atoms with Crippen LogP contribution in [0.2, 0.25) is 0 Å². The molecule has 2 aliphatic rings. The molecule has 4 N–H and O–H groups in total. The second kappa shape index (κ2) is 12.9. The summed E-state index contributed by atoms with van der Waals surface area (Å²) < 4.78 is 1.46. The summed E-state index contributed by atoms with van der Waals surface area (Å²) in [6.45, 7) is 10.5. The molecule has 1 aromatic heterocycles. The first-order chi connectivity index (χ1) is 18.0. The minimum atomic E-state index is -0.944. The lowest BCUT2D eigenvalue weighted by molar-refractivity contribution is -0.137. The number of amides is 3. The number of piperazine rings is 1. The number of likely N-dealkylation sites (N-methyl/N-ethyl adjacent to an activating group) is 1. The Balaban J connectivity index is 0.00000420. The molecule has 0 spiro atoms. The Morgan fingerprint density at radius 1 is 1.13 bits per heavy atom. The normalized spacial score (nSPS) is 16.9. The molecule has 1 atom stereocenters. The van der Waals surface area contributed by atoms with Gasteiger partial charge in [-0.25, -0.2) is 9.59 Å². The van der Waals surface area contributed by atoms with Gasteiger partial charge in [-0.05, 0) is 63.9 Å². The van der Waals surface area contributed by atoms with E-state index in [9.17, 15) is 14.4 Å². The van der Waals surface area contributed by atoms with Crippen LogP contribution in [0.15, 0.2) is 41.3 Å². The van der Waals surface area contributed by atoms with Gasteiger partial charge < -0.3 is 25.8 Å². The minimum Gasteiger partial charge on any atom is -0.338 e. The Bertz CT molecular complexity index is 1180. The third-order valence-electron chi connectivity index (χ3n) is 7.35. The summed E-state index contributed by atoms with van der Waals surface area (Å²) in [6, 6.07) is 9.60. The number of carbonyl (C=O) groups excluding carboxylic acids is 2. The quantitative estimate of drug-likeness (QED) is 0.442. The number of nitrogens with one attached hydrogen (secondary N) is 2. The van der Waals surface area contributed by atoms with Gasteiger partial charge in [0.15, 0.2) is 0 Å². The average molecular weight is 561 g/mol. The van der Waals surface area contributed by atoms with E-state index in [1.807, 2.05) is 24.3 Å². The predicted octanol–water partition coefficient (Wildman–Crippen LogP) is 1.15.